The Morgan fingerprint density at radius 2 is 2.07 bits per heavy atom. The van der Waals surface area contributed by atoms with Crippen LogP contribution in [0.1, 0.15) is 5.56 Å². The van der Waals surface area contributed by atoms with Crippen molar-refractivity contribution in [1.29, 1.82) is 0 Å². The van der Waals surface area contributed by atoms with Gasteiger partial charge in [0.05, 0.1) is 11.1 Å². The van der Waals surface area contributed by atoms with Gasteiger partial charge in [0.2, 0.25) is 0 Å². The fourth-order valence-corrected chi connectivity index (χ4v) is 0.912. The van der Waals surface area contributed by atoms with E-state index < -0.39 is 16.4 Å². The van der Waals surface area contributed by atoms with Crippen LogP contribution in [0.4, 0.5) is 5.69 Å². The van der Waals surface area contributed by atoms with Crippen LogP contribution in [0.2, 0.25) is 0 Å². The summed E-state index contributed by atoms with van der Waals surface area (Å²) in [7, 11) is 0. The fourth-order valence-electron chi connectivity index (χ4n) is 0.912. The van der Waals surface area contributed by atoms with Gasteiger partial charge >= 0.3 is 5.69 Å². The van der Waals surface area contributed by atoms with E-state index in [9.17, 15) is 15.2 Å². The van der Waals surface area contributed by atoms with Crippen LogP contribution in [-0.2, 0) is 0 Å². The van der Waals surface area contributed by atoms with Crippen molar-refractivity contribution in [2.75, 3.05) is 0 Å². The Labute approximate surface area is 78.2 Å². The summed E-state index contributed by atoms with van der Waals surface area (Å²) in [6, 6.07) is 1.83. The number of benzene rings is 1. The smallest absolute Gasteiger partial charge is 0.311 e. The van der Waals surface area contributed by atoms with Gasteiger partial charge in [0.15, 0.2) is 5.75 Å². The van der Waals surface area contributed by atoms with Gasteiger partial charge in [-0.2, -0.15) is 5.10 Å². The van der Waals surface area contributed by atoms with E-state index in [0.29, 0.717) is 0 Å². The van der Waals surface area contributed by atoms with Crippen molar-refractivity contribution in [3.05, 3.63) is 27.8 Å². The standard InChI is InChI=1S/C7H7N3O4/c8-9-3-4-1-5(10(13)14)7(12)2-6(4)11/h1-3,11-12H,8H2. The zero-order valence-electron chi connectivity index (χ0n) is 6.91. The Kier molecular flexibility index (Phi) is 2.52. The molecule has 74 valence electrons. The molecule has 0 spiro atoms. The first kappa shape index (κ1) is 9.78. The number of hydrogen-bond donors (Lipinski definition) is 3. The predicted molar refractivity (Wildman–Crippen MR) is 48.2 cm³/mol. The highest BCUT2D eigenvalue weighted by Crippen LogP contribution is 2.31. The second kappa shape index (κ2) is 3.60. The number of nitro groups is 1. The largest absolute Gasteiger partial charge is 0.507 e. The van der Waals surface area contributed by atoms with E-state index in [4.69, 9.17) is 10.9 Å². The molecule has 7 nitrogen and oxygen atoms in total. The van der Waals surface area contributed by atoms with Crippen molar-refractivity contribution in [2.45, 2.75) is 0 Å². The first-order chi connectivity index (χ1) is 6.56. The summed E-state index contributed by atoms with van der Waals surface area (Å²) >= 11 is 0. The summed E-state index contributed by atoms with van der Waals surface area (Å²) in [6.07, 6.45) is 1.04. The van der Waals surface area contributed by atoms with Gasteiger partial charge in [-0.05, 0) is 0 Å². The SMILES string of the molecule is NN=Cc1cc([N+](=O)[O-])c(O)cc1O. The predicted octanol–water partition coefficient (Wildman–Crippen LogP) is 0.299. The van der Waals surface area contributed by atoms with Crippen molar-refractivity contribution in [3.8, 4) is 11.5 Å². The molecule has 7 heteroatoms. The number of phenols is 2. The molecule has 0 aliphatic heterocycles. The monoisotopic (exact) mass is 197 g/mol. The van der Waals surface area contributed by atoms with Crippen LogP contribution in [0.15, 0.2) is 17.2 Å². The van der Waals surface area contributed by atoms with Crippen LogP contribution >= 0.6 is 0 Å². The molecule has 0 radical (unpaired) electrons. The molecule has 0 aliphatic rings. The molecule has 0 fully saturated rings. The summed E-state index contributed by atoms with van der Waals surface area (Å²) in [6.45, 7) is 0. The highest BCUT2D eigenvalue weighted by Gasteiger charge is 2.16. The number of nitrogens with zero attached hydrogens (tertiary/aromatic N) is 2. The van der Waals surface area contributed by atoms with Crippen LogP contribution in [0.5, 0.6) is 11.5 Å². The highest BCUT2D eigenvalue weighted by atomic mass is 16.6. The Bertz CT molecular complexity index is 402. The van der Waals surface area contributed by atoms with Crippen LogP contribution in [-0.4, -0.2) is 21.4 Å². The molecule has 0 heterocycles. The van der Waals surface area contributed by atoms with Gasteiger partial charge in [0.1, 0.15) is 5.75 Å². The van der Waals surface area contributed by atoms with Gasteiger partial charge < -0.3 is 16.1 Å². The van der Waals surface area contributed by atoms with Crippen molar-refractivity contribution in [1.82, 2.24) is 0 Å². The summed E-state index contributed by atoms with van der Waals surface area (Å²) in [4.78, 5) is 9.60. The van der Waals surface area contributed by atoms with E-state index in [-0.39, 0.29) is 11.3 Å². The lowest BCUT2D eigenvalue weighted by Crippen LogP contribution is -1.93. The van der Waals surface area contributed by atoms with Crippen molar-refractivity contribution in [2.24, 2.45) is 10.9 Å². The molecule has 0 aliphatic carbocycles. The summed E-state index contributed by atoms with van der Waals surface area (Å²) in [5.74, 6) is 3.88. The maximum Gasteiger partial charge on any atom is 0.311 e. The molecule has 0 atom stereocenters. The normalized spacial score (nSPS) is 10.6. The lowest BCUT2D eigenvalue weighted by Gasteiger charge is -2.00. The molecule has 1 aromatic carbocycles. The second-order valence-corrected chi connectivity index (χ2v) is 2.44. The Morgan fingerprint density at radius 1 is 1.43 bits per heavy atom. The van der Waals surface area contributed by atoms with E-state index >= 15 is 0 Å². The molecule has 0 unspecified atom stereocenters. The van der Waals surface area contributed by atoms with Gasteiger partial charge in [-0.25, -0.2) is 0 Å². The minimum atomic E-state index is -0.775. The molecule has 1 rings (SSSR count). The number of nitro benzene ring substituents is 1. The first-order valence-corrected chi connectivity index (χ1v) is 3.50. The molecule has 0 saturated heterocycles. The number of hydrogen-bond acceptors (Lipinski definition) is 6. The van der Waals surface area contributed by atoms with Gasteiger partial charge in [0, 0.05) is 17.7 Å². The van der Waals surface area contributed by atoms with E-state index in [0.717, 1.165) is 18.3 Å². The highest BCUT2D eigenvalue weighted by molar-refractivity contribution is 5.85. The molecule has 1 aromatic rings. The number of phenolic OH excluding ortho intramolecular Hbond substituents is 2. The zero-order chi connectivity index (χ0) is 10.7. The number of nitrogens with two attached hydrogens (primary N) is 1. The average molecular weight is 197 g/mol. The molecular formula is C7H7N3O4. The van der Waals surface area contributed by atoms with Crippen molar-refractivity contribution in [3.63, 3.8) is 0 Å². The van der Waals surface area contributed by atoms with Gasteiger partial charge in [-0.1, -0.05) is 0 Å². The summed E-state index contributed by atoms with van der Waals surface area (Å²) in [5, 5.41) is 31.8. The number of rotatable bonds is 2. The van der Waals surface area contributed by atoms with Crippen LogP contribution < -0.4 is 5.84 Å². The topological polar surface area (TPSA) is 122 Å². The van der Waals surface area contributed by atoms with E-state index in [1.165, 1.54) is 0 Å². The molecule has 0 aromatic heterocycles. The third kappa shape index (κ3) is 1.71. The number of aromatic hydroxyl groups is 2. The maximum absolute atomic E-state index is 10.4. The van der Waals surface area contributed by atoms with E-state index in [2.05, 4.69) is 5.10 Å². The van der Waals surface area contributed by atoms with Gasteiger partial charge in [-0.3, -0.25) is 10.1 Å². The lowest BCUT2D eigenvalue weighted by atomic mass is 10.2. The van der Waals surface area contributed by atoms with E-state index in [1.807, 2.05) is 0 Å². The Hall–Kier alpha value is -2.31. The van der Waals surface area contributed by atoms with Crippen molar-refractivity contribution < 1.29 is 15.1 Å². The second-order valence-electron chi connectivity index (χ2n) is 2.44. The quantitative estimate of drug-likeness (QED) is 0.272. The average Bonchev–Trinajstić information content (AvgIpc) is 2.09. The van der Waals surface area contributed by atoms with Crippen LogP contribution in [0.25, 0.3) is 0 Å². The van der Waals surface area contributed by atoms with E-state index in [1.54, 1.807) is 0 Å². The molecule has 14 heavy (non-hydrogen) atoms. The summed E-state index contributed by atoms with van der Waals surface area (Å²) < 4.78 is 0. The molecule has 4 N–H and O–H groups in total. The molecule has 0 saturated carbocycles. The fraction of sp³-hybridized carbons (Fsp3) is 0. The van der Waals surface area contributed by atoms with Gasteiger partial charge in [-0.15, -0.1) is 0 Å². The van der Waals surface area contributed by atoms with Crippen LogP contribution in [0.3, 0.4) is 0 Å². The molecule has 0 amide bonds. The minimum Gasteiger partial charge on any atom is -0.507 e. The van der Waals surface area contributed by atoms with Crippen LogP contribution in [0, 0.1) is 10.1 Å². The Morgan fingerprint density at radius 3 is 2.57 bits per heavy atom. The first-order valence-electron chi connectivity index (χ1n) is 3.50. The van der Waals surface area contributed by atoms with Crippen molar-refractivity contribution >= 4 is 11.9 Å². The zero-order valence-corrected chi connectivity index (χ0v) is 6.91. The third-order valence-electron chi connectivity index (χ3n) is 1.53. The molecular weight excluding hydrogens is 190 g/mol. The maximum atomic E-state index is 10.4. The number of hydrazone groups is 1. The third-order valence-corrected chi connectivity index (χ3v) is 1.53. The minimum absolute atomic E-state index is 0.0667. The summed E-state index contributed by atoms with van der Waals surface area (Å²) in [5.41, 5.74) is -0.449. The molecule has 0 bridgehead atoms. The Balaban J connectivity index is 3.34. The lowest BCUT2D eigenvalue weighted by molar-refractivity contribution is -0.385. The van der Waals surface area contributed by atoms with Gasteiger partial charge in [0.25, 0.3) is 0 Å².